The lowest BCUT2D eigenvalue weighted by Crippen LogP contribution is -2.12. The minimum Gasteiger partial charge on any atom is -0.495 e. The van der Waals surface area contributed by atoms with Gasteiger partial charge in [0.1, 0.15) is 52.8 Å². The molecule has 0 saturated carbocycles. The molecule has 0 radical (unpaired) electrons. The molecule has 166 valence electrons. The number of nitrogen functional groups attached to an aromatic ring is 1. The van der Waals surface area contributed by atoms with Crippen molar-refractivity contribution >= 4 is 22.5 Å². The van der Waals surface area contributed by atoms with E-state index in [0.29, 0.717) is 22.2 Å². The molecular formula is C23H17F3N6O. The first-order chi connectivity index (χ1) is 15.9. The third-order valence-electron chi connectivity index (χ3n) is 4.97. The summed E-state index contributed by atoms with van der Waals surface area (Å²) in [7, 11) is 1.39. The number of nitrogens with one attached hydrogen (secondary N) is 1. The monoisotopic (exact) mass is 450 g/mol. The molecule has 7 nitrogen and oxygen atoms in total. The Balaban J connectivity index is 1.81. The summed E-state index contributed by atoms with van der Waals surface area (Å²) in [5, 5.41) is 12.7. The number of rotatable bonds is 6. The van der Waals surface area contributed by atoms with Crippen molar-refractivity contribution in [3.05, 3.63) is 71.4 Å². The van der Waals surface area contributed by atoms with Crippen molar-refractivity contribution in [3.63, 3.8) is 0 Å². The van der Waals surface area contributed by atoms with Crippen molar-refractivity contribution in [2.75, 3.05) is 24.7 Å². The van der Waals surface area contributed by atoms with Gasteiger partial charge in [0, 0.05) is 30.0 Å². The number of nitrogens with zero attached hydrogens (tertiary/aromatic N) is 4. The van der Waals surface area contributed by atoms with Crippen molar-refractivity contribution in [2.45, 2.75) is 6.42 Å². The molecule has 4 rings (SSSR count). The van der Waals surface area contributed by atoms with Crippen LogP contribution in [-0.4, -0.2) is 28.6 Å². The molecule has 33 heavy (non-hydrogen) atoms. The molecule has 2 aromatic carbocycles. The number of anilines is 2. The number of nitriles is 1. The minimum absolute atomic E-state index is 0.0402. The highest BCUT2D eigenvalue weighted by Crippen LogP contribution is 2.39. The number of ether oxygens (including phenoxy) is 1. The van der Waals surface area contributed by atoms with Crippen molar-refractivity contribution in [2.24, 2.45) is 0 Å². The maximum Gasteiger partial charge on any atom is 0.149 e. The van der Waals surface area contributed by atoms with Gasteiger partial charge in [-0.05, 0) is 35.9 Å². The first-order valence-electron chi connectivity index (χ1n) is 9.78. The van der Waals surface area contributed by atoms with Crippen LogP contribution in [0.3, 0.4) is 0 Å². The van der Waals surface area contributed by atoms with Gasteiger partial charge in [0.2, 0.25) is 0 Å². The zero-order valence-electron chi connectivity index (χ0n) is 17.4. The molecule has 0 bridgehead atoms. The molecule has 10 heteroatoms. The lowest BCUT2D eigenvalue weighted by atomic mass is 9.97. The largest absolute Gasteiger partial charge is 0.495 e. The third kappa shape index (κ3) is 4.34. The summed E-state index contributed by atoms with van der Waals surface area (Å²) in [5.41, 5.74) is 7.24. The van der Waals surface area contributed by atoms with Gasteiger partial charge in [-0.3, -0.25) is 4.98 Å². The number of methoxy groups -OCH3 is 1. The highest BCUT2D eigenvalue weighted by molar-refractivity contribution is 5.93. The topological polar surface area (TPSA) is 110 Å². The van der Waals surface area contributed by atoms with Crippen LogP contribution in [0.4, 0.5) is 24.8 Å². The molecule has 0 fully saturated rings. The van der Waals surface area contributed by atoms with E-state index in [1.165, 1.54) is 31.6 Å². The molecule has 0 amide bonds. The summed E-state index contributed by atoms with van der Waals surface area (Å²) in [6.45, 7) is 0.249. The van der Waals surface area contributed by atoms with Crippen molar-refractivity contribution < 1.29 is 17.9 Å². The van der Waals surface area contributed by atoms with Crippen LogP contribution in [0.25, 0.3) is 22.0 Å². The second-order valence-electron chi connectivity index (χ2n) is 7.06. The molecule has 0 atom stereocenters. The van der Waals surface area contributed by atoms with Crippen molar-refractivity contribution in [3.8, 4) is 22.9 Å². The van der Waals surface area contributed by atoms with Gasteiger partial charge in [-0.2, -0.15) is 5.26 Å². The van der Waals surface area contributed by atoms with Gasteiger partial charge in [-0.25, -0.2) is 23.1 Å². The van der Waals surface area contributed by atoms with Crippen LogP contribution < -0.4 is 15.8 Å². The number of fused-ring (bicyclic) bond motifs is 1. The summed E-state index contributed by atoms with van der Waals surface area (Å²) in [6, 6.07) is 9.03. The number of aromatic nitrogens is 3. The first kappa shape index (κ1) is 21.8. The Hall–Kier alpha value is -4.39. The van der Waals surface area contributed by atoms with E-state index in [1.54, 1.807) is 0 Å². The highest BCUT2D eigenvalue weighted by atomic mass is 19.1. The van der Waals surface area contributed by atoms with Crippen LogP contribution in [0.2, 0.25) is 0 Å². The van der Waals surface area contributed by atoms with Gasteiger partial charge < -0.3 is 15.8 Å². The fourth-order valence-corrected chi connectivity index (χ4v) is 3.59. The first-order valence-corrected chi connectivity index (χ1v) is 9.78. The summed E-state index contributed by atoms with van der Waals surface area (Å²) in [5.74, 6) is -1.52. The molecule has 0 unspecified atom stereocenters. The summed E-state index contributed by atoms with van der Waals surface area (Å²) in [6.07, 6.45) is 1.48. The predicted molar refractivity (Wildman–Crippen MR) is 117 cm³/mol. The lowest BCUT2D eigenvalue weighted by Gasteiger charge is -2.17. The van der Waals surface area contributed by atoms with Crippen LogP contribution in [0.15, 0.2) is 42.7 Å². The smallest absolute Gasteiger partial charge is 0.149 e. The molecule has 0 saturated heterocycles. The van der Waals surface area contributed by atoms with E-state index in [4.69, 9.17) is 10.5 Å². The minimum atomic E-state index is -0.773. The standard InChI is InChI=1S/C23H17F3N6O/c1-33-21-16-9-13(24)2-3-18(16)32-19(20(21)12-6-14(25)8-15(26)7-12)4-5-29-23-17(10-27)22(28)30-11-31-23/h2-3,6-9,11H,4-5H2,1H3,(H3,28,29,30,31). The van der Waals surface area contributed by atoms with E-state index in [2.05, 4.69) is 20.3 Å². The SMILES string of the molecule is COc1c(-c2cc(F)cc(F)c2)c(CCNc2ncnc(N)c2C#N)nc2ccc(F)cc12. The Kier molecular flexibility index (Phi) is 5.95. The molecule has 4 aromatic rings. The maximum atomic E-state index is 14.0. The zero-order valence-corrected chi connectivity index (χ0v) is 17.4. The normalized spacial score (nSPS) is 10.8. The Labute approximate surface area is 186 Å². The molecular weight excluding hydrogens is 433 g/mol. The van der Waals surface area contributed by atoms with Gasteiger partial charge in [0.05, 0.1) is 18.3 Å². The average molecular weight is 450 g/mol. The molecule has 2 aromatic heterocycles. The molecule has 0 spiro atoms. The van der Waals surface area contributed by atoms with Crippen LogP contribution in [-0.2, 0) is 6.42 Å². The van der Waals surface area contributed by atoms with E-state index in [1.807, 2.05) is 6.07 Å². The van der Waals surface area contributed by atoms with Gasteiger partial charge in [-0.1, -0.05) is 0 Å². The predicted octanol–water partition coefficient (Wildman–Crippen LogP) is 4.23. The van der Waals surface area contributed by atoms with E-state index in [-0.39, 0.29) is 41.5 Å². The van der Waals surface area contributed by atoms with Gasteiger partial charge in [0.25, 0.3) is 0 Å². The van der Waals surface area contributed by atoms with Crippen LogP contribution >= 0.6 is 0 Å². The molecule has 0 aliphatic carbocycles. The quantitative estimate of drug-likeness (QED) is 0.452. The zero-order chi connectivity index (χ0) is 23.5. The molecule has 0 aliphatic heterocycles. The second kappa shape index (κ2) is 9.00. The Morgan fingerprint density at radius 3 is 2.52 bits per heavy atom. The van der Waals surface area contributed by atoms with E-state index >= 15 is 0 Å². The number of nitrogens with two attached hydrogens (primary N) is 1. The number of benzene rings is 2. The maximum absolute atomic E-state index is 14.0. The van der Waals surface area contributed by atoms with Crippen molar-refractivity contribution in [1.29, 1.82) is 5.26 Å². The molecule has 0 aliphatic rings. The van der Waals surface area contributed by atoms with Crippen LogP contribution in [0, 0.1) is 28.8 Å². The lowest BCUT2D eigenvalue weighted by molar-refractivity contribution is 0.420. The molecule has 2 heterocycles. The Bertz CT molecular complexity index is 1380. The van der Waals surface area contributed by atoms with Crippen LogP contribution in [0.5, 0.6) is 5.75 Å². The fourth-order valence-electron chi connectivity index (χ4n) is 3.59. The fraction of sp³-hybridized carbons (Fsp3) is 0.130. The van der Waals surface area contributed by atoms with Gasteiger partial charge in [-0.15, -0.1) is 0 Å². The molecule has 3 N–H and O–H groups in total. The third-order valence-corrected chi connectivity index (χ3v) is 4.97. The number of halogens is 3. The number of pyridine rings is 1. The summed E-state index contributed by atoms with van der Waals surface area (Å²) in [4.78, 5) is 12.4. The average Bonchev–Trinajstić information content (AvgIpc) is 2.77. The van der Waals surface area contributed by atoms with Crippen LogP contribution in [0.1, 0.15) is 11.3 Å². The Morgan fingerprint density at radius 2 is 1.82 bits per heavy atom. The van der Waals surface area contributed by atoms with Gasteiger partial charge in [0.15, 0.2) is 0 Å². The highest BCUT2D eigenvalue weighted by Gasteiger charge is 2.20. The summed E-state index contributed by atoms with van der Waals surface area (Å²) >= 11 is 0. The number of hydrogen-bond acceptors (Lipinski definition) is 7. The van der Waals surface area contributed by atoms with Crippen molar-refractivity contribution in [1.82, 2.24) is 15.0 Å². The number of hydrogen-bond donors (Lipinski definition) is 2. The van der Waals surface area contributed by atoms with E-state index in [9.17, 15) is 18.4 Å². The summed E-state index contributed by atoms with van der Waals surface area (Å²) < 4.78 is 47.5. The second-order valence-corrected chi connectivity index (χ2v) is 7.06. The van der Waals surface area contributed by atoms with Gasteiger partial charge >= 0.3 is 0 Å². The van der Waals surface area contributed by atoms with E-state index < -0.39 is 17.5 Å². The Morgan fingerprint density at radius 1 is 1.06 bits per heavy atom. The van der Waals surface area contributed by atoms with E-state index in [0.717, 1.165) is 18.2 Å².